The second-order valence-electron chi connectivity index (χ2n) is 6.01. The highest BCUT2D eigenvalue weighted by Gasteiger charge is 2.14. The number of pyridine rings is 1. The monoisotopic (exact) mass is 385 g/mol. The average molecular weight is 385 g/mol. The van der Waals surface area contributed by atoms with E-state index in [-0.39, 0.29) is 17.8 Å². The third kappa shape index (κ3) is 4.79. The van der Waals surface area contributed by atoms with E-state index in [0.717, 1.165) is 10.6 Å². The van der Waals surface area contributed by atoms with Gasteiger partial charge in [-0.1, -0.05) is 11.8 Å². The van der Waals surface area contributed by atoms with Gasteiger partial charge in [-0.25, -0.2) is 9.78 Å². The smallest absolute Gasteiger partial charge is 0.414 e. The van der Waals surface area contributed by atoms with Gasteiger partial charge in [-0.15, -0.1) is 0 Å². The minimum absolute atomic E-state index is 0.0473. The molecule has 0 aliphatic rings. The van der Waals surface area contributed by atoms with Crippen LogP contribution in [0, 0.1) is 0 Å². The average Bonchev–Trinajstić information content (AvgIpc) is 3.26. The summed E-state index contributed by atoms with van der Waals surface area (Å²) in [5.74, 6) is 0.229. The molecule has 3 aromatic rings. The molecule has 0 atom stereocenters. The SMILES string of the molecule is CC(=O)c1cc(Sc2coc(NC(=O)OC(C)C)c2)ncc1-n1cccc1. The molecule has 0 aliphatic carbocycles. The van der Waals surface area contributed by atoms with E-state index in [0.29, 0.717) is 10.6 Å². The first-order chi connectivity index (χ1) is 12.9. The highest BCUT2D eigenvalue weighted by Crippen LogP contribution is 2.31. The Morgan fingerprint density at radius 2 is 2.00 bits per heavy atom. The molecule has 140 valence electrons. The lowest BCUT2D eigenvalue weighted by molar-refractivity contribution is 0.101. The summed E-state index contributed by atoms with van der Waals surface area (Å²) in [6, 6.07) is 7.18. The van der Waals surface area contributed by atoms with E-state index in [2.05, 4.69) is 10.3 Å². The Bertz CT molecular complexity index is 948. The van der Waals surface area contributed by atoms with Gasteiger partial charge in [0.15, 0.2) is 5.78 Å². The number of hydrogen-bond acceptors (Lipinski definition) is 6. The fraction of sp³-hybridized carbons (Fsp3) is 0.211. The molecule has 1 amide bonds. The molecule has 0 radical (unpaired) electrons. The van der Waals surface area contributed by atoms with Gasteiger partial charge in [-0.2, -0.15) is 0 Å². The molecule has 0 saturated heterocycles. The van der Waals surface area contributed by atoms with Gasteiger partial charge in [0.1, 0.15) is 11.3 Å². The molecule has 3 rings (SSSR count). The zero-order valence-corrected chi connectivity index (χ0v) is 15.9. The van der Waals surface area contributed by atoms with Crippen LogP contribution < -0.4 is 5.32 Å². The van der Waals surface area contributed by atoms with Gasteiger partial charge >= 0.3 is 6.09 Å². The molecular weight excluding hydrogens is 366 g/mol. The highest BCUT2D eigenvalue weighted by molar-refractivity contribution is 7.99. The molecule has 0 saturated carbocycles. The lowest BCUT2D eigenvalue weighted by atomic mass is 10.1. The molecule has 0 spiro atoms. The Balaban J connectivity index is 1.75. The lowest BCUT2D eigenvalue weighted by Crippen LogP contribution is -2.17. The number of aromatic nitrogens is 2. The summed E-state index contributed by atoms with van der Waals surface area (Å²) < 4.78 is 12.2. The second kappa shape index (κ2) is 8.13. The van der Waals surface area contributed by atoms with Crippen LogP contribution in [0.5, 0.6) is 0 Å². The van der Waals surface area contributed by atoms with Crippen molar-refractivity contribution in [3.8, 4) is 5.69 Å². The van der Waals surface area contributed by atoms with Crippen molar-refractivity contribution in [3.63, 3.8) is 0 Å². The van der Waals surface area contributed by atoms with E-state index in [9.17, 15) is 9.59 Å². The minimum Gasteiger partial charge on any atom is -0.447 e. The molecule has 7 nitrogen and oxygen atoms in total. The van der Waals surface area contributed by atoms with Crippen LogP contribution in [0.4, 0.5) is 10.7 Å². The minimum atomic E-state index is -0.580. The third-order valence-electron chi connectivity index (χ3n) is 3.49. The number of carbonyl (C=O) groups excluding carboxylic acids is 2. The van der Waals surface area contributed by atoms with Crippen LogP contribution >= 0.6 is 11.8 Å². The maximum atomic E-state index is 12.0. The standard InChI is InChI=1S/C19H19N3O4S/c1-12(2)26-19(24)21-17-8-14(11-25-17)27-18-9-15(13(3)23)16(10-20-18)22-6-4-5-7-22/h4-12H,1-3H3,(H,21,24). The molecule has 0 fully saturated rings. The number of ether oxygens (including phenoxy) is 1. The van der Waals surface area contributed by atoms with Crippen molar-refractivity contribution in [1.29, 1.82) is 0 Å². The van der Waals surface area contributed by atoms with E-state index >= 15 is 0 Å². The maximum Gasteiger partial charge on any atom is 0.414 e. The van der Waals surface area contributed by atoms with E-state index in [1.165, 1.54) is 24.9 Å². The van der Waals surface area contributed by atoms with Crippen LogP contribution in [0.2, 0.25) is 0 Å². The number of nitrogens with zero attached hydrogens (tertiary/aromatic N) is 2. The Hall–Kier alpha value is -3.00. The van der Waals surface area contributed by atoms with Crippen molar-refractivity contribution in [1.82, 2.24) is 9.55 Å². The van der Waals surface area contributed by atoms with E-state index in [1.807, 2.05) is 29.1 Å². The van der Waals surface area contributed by atoms with Crippen LogP contribution in [0.3, 0.4) is 0 Å². The molecular formula is C19H19N3O4S. The zero-order chi connectivity index (χ0) is 19.4. The number of anilines is 1. The molecule has 0 aromatic carbocycles. The van der Waals surface area contributed by atoms with Crippen molar-refractivity contribution in [2.24, 2.45) is 0 Å². The number of ketones is 1. The Morgan fingerprint density at radius 3 is 2.67 bits per heavy atom. The maximum absolute atomic E-state index is 12.0. The molecule has 3 heterocycles. The highest BCUT2D eigenvalue weighted by atomic mass is 32.2. The molecule has 1 N–H and O–H groups in total. The predicted octanol–water partition coefficient (Wildman–Crippen LogP) is 4.78. The van der Waals surface area contributed by atoms with Crippen molar-refractivity contribution in [2.45, 2.75) is 36.8 Å². The Morgan fingerprint density at radius 1 is 1.26 bits per heavy atom. The first kappa shape index (κ1) is 18.8. The quantitative estimate of drug-likeness (QED) is 0.615. The summed E-state index contributed by atoms with van der Waals surface area (Å²) in [6.07, 6.45) is 6.09. The van der Waals surface area contributed by atoms with Crippen LogP contribution in [0.25, 0.3) is 5.69 Å². The summed E-state index contributed by atoms with van der Waals surface area (Å²) in [7, 11) is 0. The number of nitrogens with one attached hydrogen (secondary N) is 1. The topological polar surface area (TPSA) is 86.4 Å². The molecule has 8 heteroatoms. The van der Waals surface area contributed by atoms with Gasteiger partial charge < -0.3 is 13.7 Å². The van der Waals surface area contributed by atoms with Gasteiger partial charge in [0.05, 0.1) is 22.9 Å². The first-order valence-electron chi connectivity index (χ1n) is 8.30. The largest absolute Gasteiger partial charge is 0.447 e. The van der Waals surface area contributed by atoms with Crippen molar-refractivity contribution in [3.05, 3.63) is 54.7 Å². The molecule has 0 unspecified atom stereocenters. The van der Waals surface area contributed by atoms with Crippen molar-refractivity contribution >= 4 is 29.5 Å². The van der Waals surface area contributed by atoms with Crippen LogP contribution in [0.1, 0.15) is 31.1 Å². The van der Waals surface area contributed by atoms with Gasteiger partial charge in [0.2, 0.25) is 5.88 Å². The zero-order valence-electron chi connectivity index (χ0n) is 15.1. The predicted molar refractivity (Wildman–Crippen MR) is 102 cm³/mol. The van der Waals surface area contributed by atoms with Crippen molar-refractivity contribution in [2.75, 3.05) is 5.32 Å². The molecule has 3 aromatic heterocycles. The fourth-order valence-corrected chi connectivity index (χ4v) is 3.16. The second-order valence-corrected chi connectivity index (χ2v) is 7.11. The van der Waals surface area contributed by atoms with Crippen LogP contribution in [-0.2, 0) is 4.74 Å². The summed E-state index contributed by atoms with van der Waals surface area (Å²) in [5, 5.41) is 3.16. The number of carbonyl (C=O) groups is 2. The summed E-state index contributed by atoms with van der Waals surface area (Å²) in [4.78, 5) is 28.8. The fourth-order valence-electron chi connectivity index (χ4n) is 2.37. The Labute approximate surface area is 160 Å². The van der Waals surface area contributed by atoms with E-state index < -0.39 is 6.09 Å². The Kier molecular flexibility index (Phi) is 5.66. The van der Waals surface area contributed by atoms with Crippen LogP contribution in [0.15, 0.2) is 63.5 Å². The number of rotatable bonds is 6. The van der Waals surface area contributed by atoms with Gasteiger partial charge in [0, 0.05) is 24.0 Å². The van der Waals surface area contributed by atoms with Crippen LogP contribution in [-0.4, -0.2) is 27.5 Å². The number of amides is 1. The van der Waals surface area contributed by atoms with Gasteiger partial charge in [-0.05, 0) is 39.0 Å². The summed E-state index contributed by atoms with van der Waals surface area (Å²) in [6.45, 7) is 5.05. The molecule has 0 aliphatic heterocycles. The molecule has 0 bridgehead atoms. The lowest BCUT2D eigenvalue weighted by Gasteiger charge is -2.09. The van der Waals surface area contributed by atoms with E-state index in [4.69, 9.17) is 9.15 Å². The van der Waals surface area contributed by atoms with E-state index in [1.54, 1.807) is 32.2 Å². The van der Waals surface area contributed by atoms with Gasteiger partial charge in [0.25, 0.3) is 0 Å². The normalized spacial score (nSPS) is 10.8. The number of Topliss-reactive ketones (excluding diaryl/α,β-unsaturated/α-hetero) is 1. The number of furan rings is 1. The molecule has 27 heavy (non-hydrogen) atoms. The van der Waals surface area contributed by atoms with Gasteiger partial charge in [-0.3, -0.25) is 10.1 Å². The summed E-state index contributed by atoms with van der Waals surface area (Å²) in [5.41, 5.74) is 1.30. The number of hydrogen-bond donors (Lipinski definition) is 1. The van der Waals surface area contributed by atoms with Crippen molar-refractivity contribution < 1.29 is 18.7 Å². The summed E-state index contributed by atoms with van der Waals surface area (Å²) >= 11 is 1.33. The third-order valence-corrected chi connectivity index (χ3v) is 4.37. The first-order valence-corrected chi connectivity index (χ1v) is 9.12.